The second kappa shape index (κ2) is 5.79. The van der Waals surface area contributed by atoms with Crippen LogP contribution in [0.15, 0.2) is 22.7 Å². The predicted octanol–water partition coefficient (Wildman–Crippen LogP) is 2.96. The summed E-state index contributed by atoms with van der Waals surface area (Å²) in [7, 11) is 0. The third kappa shape index (κ3) is 2.84. The summed E-state index contributed by atoms with van der Waals surface area (Å²) in [6.45, 7) is 5.17. The molecule has 0 saturated carbocycles. The molecule has 6 heteroatoms. The Balaban J connectivity index is 2.55. The van der Waals surface area contributed by atoms with Crippen LogP contribution in [-0.2, 0) is 13.1 Å². The van der Waals surface area contributed by atoms with Gasteiger partial charge in [-0.15, -0.1) is 10.2 Å². The number of benzene rings is 1. The maximum absolute atomic E-state index is 14.2. The number of hydrogen-bond donors (Lipinski definition) is 1. The molecule has 19 heavy (non-hydrogen) atoms. The van der Waals surface area contributed by atoms with E-state index in [1.165, 1.54) is 0 Å². The molecule has 0 radical (unpaired) electrons. The number of halogens is 2. The topological polar surface area (TPSA) is 56.7 Å². The molecule has 0 aliphatic carbocycles. The van der Waals surface area contributed by atoms with Gasteiger partial charge in [-0.3, -0.25) is 0 Å². The van der Waals surface area contributed by atoms with E-state index in [0.29, 0.717) is 34.1 Å². The smallest absolute Gasteiger partial charge is 0.167 e. The zero-order valence-corrected chi connectivity index (χ0v) is 12.5. The third-order valence-electron chi connectivity index (χ3n) is 2.75. The SMILES string of the molecule is CC(C)Cn1c(CN)nnc1-c1cccc(Br)c1F. The molecule has 1 aromatic carbocycles. The molecule has 0 saturated heterocycles. The molecule has 0 amide bonds. The van der Waals surface area contributed by atoms with Gasteiger partial charge in [0.15, 0.2) is 5.82 Å². The second-order valence-corrected chi connectivity index (χ2v) is 5.60. The minimum Gasteiger partial charge on any atom is -0.324 e. The minimum absolute atomic E-state index is 0.287. The molecular formula is C13H16BrFN4. The van der Waals surface area contributed by atoms with E-state index in [1.807, 2.05) is 4.57 Å². The van der Waals surface area contributed by atoms with E-state index in [9.17, 15) is 4.39 Å². The van der Waals surface area contributed by atoms with E-state index in [2.05, 4.69) is 40.0 Å². The zero-order valence-electron chi connectivity index (χ0n) is 10.9. The highest BCUT2D eigenvalue weighted by Crippen LogP contribution is 2.27. The van der Waals surface area contributed by atoms with Crippen LogP contribution in [0.3, 0.4) is 0 Å². The summed E-state index contributed by atoms with van der Waals surface area (Å²) in [6.07, 6.45) is 0. The van der Waals surface area contributed by atoms with Gasteiger partial charge in [0.25, 0.3) is 0 Å². The summed E-state index contributed by atoms with van der Waals surface area (Å²) in [5, 5.41) is 8.13. The molecule has 0 bridgehead atoms. The van der Waals surface area contributed by atoms with E-state index < -0.39 is 0 Å². The number of aromatic nitrogens is 3. The molecule has 2 N–H and O–H groups in total. The van der Waals surface area contributed by atoms with Crippen molar-refractivity contribution in [2.75, 3.05) is 0 Å². The van der Waals surface area contributed by atoms with Crippen LogP contribution in [-0.4, -0.2) is 14.8 Å². The molecule has 2 rings (SSSR count). The summed E-state index contributed by atoms with van der Waals surface area (Å²) >= 11 is 3.19. The van der Waals surface area contributed by atoms with E-state index in [4.69, 9.17) is 5.73 Å². The van der Waals surface area contributed by atoms with Crippen molar-refractivity contribution in [1.29, 1.82) is 0 Å². The van der Waals surface area contributed by atoms with Gasteiger partial charge in [0.05, 0.1) is 16.6 Å². The van der Waals surface area contributed by atoms with Crippen molar-refractivity contribution in [2.45, 2.75) is 26.9 Å². The number of hydrogen-bond acceptors (Lipinski definition) is 3. The first-order valence-corrected chi connectivity index (χ1v) is 6.90. The van der Waals surface area contributed by atoms with Crippen LogP contribution in [0, 0.1) is 11.7 Å². The Hall–Kier alpha value is -1.27. The van der Waals surface area contributed by atoms with E-state index in [0.717, 1.165) is 0 Å². The van der Waals surface area contributed by atoms with Crippen molar-refractivity contribution in [3.8, 4) is 11.4 Å². The number of nitrogens with two attached hydrogens (primary N) is 1. The zero-order chi connectivity index (χ0) is 14.0. The molecule has 102 valence electrons. The van der Waals surface area contributed by atoms with Crippen LogP contribution in [0.1, 0.15) is 19.7 Å². The maximum atomic E-state index is 14.2. The molecular weight excluding hydrogens is 311 g/mol. The standard InChI is InChI=1S/C13H16BrFN4/c1-8(2)7-19-11(6-16)17-18-13(19)9-4-3-5-10(14)12(9)15/h3-5,8H,6-7,16H2,1-2H3. The van der Waals surface area contributed by atoms with Gasteiger partial charge in [-0.1, -0.05) is 19.9 Å². The Bertz CT molecular complexity index is 580. The average Bonchev–Trinajstić information content (AvgIpc) is 2.75. The van der Waals surface area contributed by atoms with E-state index in [1.54, 1.807) is 18.2 Å². The van der Waals surface area contributed by atoms with Crippen molar-refractivity contribution in [2.24, 2.45) is 11.7 Å². The predicted molar refractivity (Wildman–Crippen MR) is 75.8 cm³/mol. The lowest BCUT2D eigenvalue weighted by Crippen LogP contribution is -2.13. The van der Waals surface area contributed by atoms with E-state index >= 15 is 0 Å². The lowest BCUT2D eigenvalue weighted by atomic mass is 10.1. The van der Waals surface area contributed by atoms with Crippen LogP contribution in [0.2, 0.25) is 0 Å². The van der Waals surface area contributed by atoms with Gasteiger partial charge < -0.3 is 10.3 Å². The van der Waals surface area contributed by atoms with Gasteiger partial charge >= 0.3 is 0 Å². The van der Waals surface area contributed by atoms with Gasteiger partial charge in [0.1, 0.15) is 11.6 Å². The Labute approximate surface area is 120 Å². The molecule has 4 nitrogen and oxygen atoms in total. The fourth-order valence-corrected chi connectivity index (χ4v) is 2.29. The molecule has 0 fully saturated rings. The van der Waals surface area contributed by atoms with Crippen LogP contribution in [0.4, 0.5) is 4.39 Å². The van der Waals surface area contributed by atoms with Crippen molar-refractivity contribution >= 4 is 15.9 Å². The van der Waals surface area contributed by atoms with Crippen molar-refractivity contribution in [3.63, 3.8) is 0 Å². The van der Waals surface area contributed by atoms with Crippen molar-refractivity contribution in [3.05, 3.63) is 34.3 Å². The summed E-state index contributed by atoms with van der Waals surface area (Å²) in [6, 6.07) is 5.13. The average molecular weight is 327 g/mol. The highest BCUT2D eigenvalue weighted by Gasteiger charge is 2.18. The first-order valence-electron chi connectivity index (χ1n) is 6.11. The van der Waals surface area contributed by atoms with E-state index in [-0.39, 0.29) is 12.4 Å². The van der Waals surface area contributed by atoms with Gasteiger partial charge in [0.2, 0.25) is 0 Å². The van der Waals surface area contributed by atoms with Gasteiger partial charge in [-0.25, -0.2) is 4.39 Å². The molecule has 1 aromatic heterocycles. The fourth-order valence-electron chi connectivity index (χ4n) is 1.92. The molecule has 0 aliphatic rings. The normalized spacial score (nSPS) is 11.3. The van der Waals surface area contributed by atoms with Crippen LogP contribution < -0.4 is 5.73 Å². The lowest BCUT2D eigenvalue weighted by Gasteiger charge is -2.12. The van der Waals surface area contributed by atoms with Gasteiger partial charge in [-0.2, -0.15) is 0 Å². The Morgan fingerprint density at radius 2 is 2.11 bits per heavy atom. The molecule has 0 aliphatic heterocycles. The quantitative estimate of drug-likeness (QED) is 0.939. The Kier molecular flexibility index (Phi) is 4.31. The molecule has 0 spiro atoms. The maximum Gasteiger partial charge on any atom is 0.167 e. The van der Waals surface area contributed by atoms with Crippen LogP contribution in [0.25, 0.3) is 11.4 Å². The van der Waals surface area contributed by atoms with Crippen LogP contribution >= 0.6 is 15.9 Å². The summed E-state index contributed by atoms with van der Waals surface area (Å²) in [5.74, 6) is 1.26. The summed E-state index contributed by atoms with van der Waals surface area (Å²) < 4.78 is 16.5. The highest BCUT2D eigenvalue weighted by atomic mass is 79.9. The van der Waals surface area contributed by atoms with Gasteiger partial charge in [0, 0.05) is 6.54 Å². The third-order valence-corrected chi connectivity index (χ3v) is 3.36. The molecule has 0 atom stereocenters. The minimum atomic E-state index is -0.330. The number of nitrogens with zero attached hydrogens (tertiary/aromatic N) is 3. The largest absolute Gasteiger partial charge is 0.324 e. The molecule has 0 unspecified atom stereocenters. The Morgan fingerprint density at radius 1 is 1.37 bits per heavy atom. The Morgan fingerprint density at radius 3 is 2.74 bits per heavy atom. The van der Waals surface area contributed by atoms with Gasteiger partial charge in [-0.05, 0) is 34.0 Å². The second-order valence-electron chi connectivity index (χ2n) is 4.75. The monoisotopic (exact) mass is 326 g/mol. The van der Waals surface area contributed by atoms with Crippen LogP contribution in [0.5, 0.6) is 0 Å². The highest BCUT2D eigenvalue weighted by molar-refractivity contribution is 9.10. The summed E-state index contributed by atoms with van der Waals surface area (Å²) in [5.41, 5.74) is 6.09. The van der Waals surface area contributed by atoms with Crippen molar-refractivity contribution < 1.29 is 4.39 Å². The molecule has 1 heterocycles. The summed E-state index contributed by atoms with van der Waals surface area (Å²) in [4.78, 5) is 0. The first-order chi connectivity index (χ1) is 9.04. The number of rotatable bonds is 4. The lowest BCUT2D eigenvalue weighted by molar-refractivity contribution is 0.509. The first kappa shape index (κ1) is 14.1. The molecule has 2 aromatic rings. The fraction of sp³-hybridized carbons (Fsp3) is 0.385. The van der Waals surface area contributed by atoms with Crippen molar-refractivity contribution in [1.82, 2.24) is 14.8 Å².